The molecule has 3 aromatic rings. The number of aryl methyl sites for hydroxylation is 1. The lowest BCUT2D eigenvalue weighted by Crippen LogP contribution is -2.38. The third kappa shape index (κ3) is 4.29. The molecule has 28 heavy (non-hydrogen) atoms. The number of aromatic nitrogens is 2. The maximum Gasteiger partial charge on any atom is 0.241 e. The molecule has 0 spiro atoms. The van der Waals surface area contributed by atoms with E-state index >= 15 is 0 Å². The third-order valence-electron chi connectivity index (χ3n) is 5.23. The number of ether oxygens (including phenoxy) is 1. The minimum absolute atomic E-state index is 0.189. The van der Waals surface area contributed by atoms with Gasteiger partial charge in [-0.1, -0.05) is 47.6 Å². The van der Waals surface area contributed by atoms with Gasteiger partial charge in [0.25, 0.3) is 0 Å². The summed E-state index contributed by atoms with van der Waals surface area (Å²) in [6.07, 6.45) is 1.82. The Balaban J connectivity index is 1.55. The lowest BCUT2D eigenvalue weighted by Gasteiger charge is -2.33. The Morgan fingerprint density at radius 2 is 1.79 bits per heavy atom. The molecular weight excluding hydrogens is 357 g/mol. The maximum atomic E-state index is 14.2. The van der Waals surface area contributed by atoms with Crippen LogP contribution in [0, 0.1) is 12.7 Å². The van der Waals surface area contributed by atoms with Gasteiger partial charge in [-0.2, -0.15) is 4.98 Å². The van der Waals surface area contributed by atoms with Crippen LogP contribution in [0.3, 0.4) is 0 Å². The molecule has 1 aromatic heterocycles. The molecule has 1 aliphatic heterocycles. The third-order valence-corrected chi connectivity index (χ3v) is 5.23. The highest BCUT2D eigenvalue weighted by Crippen LogP contribution is 2.23. The Hall–Kier alpha value is -2.57. The molecule has 146 valence electrons. The van der Waals surface area contributed by atoms with Crippen LogP contribution in [-0.2, 0) is 17.8 Å². The first kappa shape index (κ1) is 18.8. The topological polar surface area (TPSA) is 51.4 Å². The van der Waals surface area contributed by atoms with Crippen molar-refractivity contribution in [1.29, 1.82) is 0 Å². The van der Waals surface area contributed by atoms with E-state index in [2.05, 4.69) is 15.0 Å². The van der Waals surface area contributed by atoms with E-state index in [1.165, 1.54) is 6.07 Å². The minimum atomic E-state index is -0.189. The molecule has 2 heterocycles. The zero-order valence-electron chi connectivity index (χ0n) is 16.0. The van der Waals surface area contributed by atoms with Gasteiger partial charge in [-0.05, 0) is 31.4 Å². The zero-order chi connectivity index (χ0) is 19.3. The largest absolute Gasteiger partial charge is 0.381 e. The van der Waals surface area contributed by atoms with Crippen LogP contribution in [-0.4, -0.2) is 34.3 Å². The molecule has 5 nitrogen and oxygen atoms in total. The minimum Gasteiger partial charge on any atom is -0.381 e. The molecule has 0 N–H and O–H groups in total. The van der Waals surface area contributed by atoms with Crippen molar-refractivity contribution in [2.24, 2.45) is 0 Å². The van der Waals surface area contributed by atoms with Crippen LogP contribution < -0.4 is 0 Å². The molecule has 1 saturated heterocycles. The van der Waals surface area contributed by atoms with Crippen LogP contribution in [0.5, 0.6) is 0 Å². The highest BCUT2D eigenvalue weighted by atomic mass is 19.1. The number of halogens is 1. The summed E-state index contributed by atoms with van der Waals surface area (Å²) in [7, 11) is 0. The predicted molar refractivity (Wildman–Crippen MR) is 104 cm³/mol. The molecule has 4 rings (SSSR count). The molecule has 0 radical (unpaired) electrons. The smallest absolute Gasteiger partial charge is 0.241 e. The molecule has 0 amide bonds. The van der Waals surface area contributed by atoms with Crippen LogP contribution in [0.4, 0.5) is 4.39 Å². The Bertz CT molecular complexity index is 921. The first-order chi connectivity index (χ1) is 13.7. The Kier molecular flexibility index (Phi) is 5.78. The first-order valence-corrected chi connectivity index (χ1v) is 9.64. The Morgan fingerprint density at radius 1 is 1.04 bits per heavy atom. The summed E-state index contributed by atoms with van der Waals surface area (Å²) in [4.78, 5) is 6.81. The molecule has 6 heteroatoms. The second kappa shape index (κ2) is 8.63. The standard InChI is InChI=1S/C22H24FN3O2/c1-16-6-2-4-8-19(16)22-24-21(28-25-22)15-26(18-10-12-27-13-11-18)14-17-7-3-5-9-20(17)23/h2-9,18H,10-15H2,1H3. The molecule has 1 fully saturated rings. The quantitative estimate of drug-likeness (QED) is 0.635. The SMILES string of the molecule is Cc1ccccc1-c1noc(CN(Cc2ccccc2F)C2CCOCC2)n1. The summed E-state index contributed by atoms with van der Waals surface area (Å²) in [5, 5.41) is 4.16. The summed E-state index contributed by atoms with van der Waals surface area (Å²) >= 11 is 0. The second-order valence-electron chi connectivity index (χ2n) is 7.17. The van der Waals surface area contributed by atoms with Gasteiger partial charge in [0.05, 0.1) is 6.54 Å². The number of hydrogen-bond donors (Lipinski definition) is 0. The fourth-order valence-electron chi connectivity index (χ4n) is 3.64. The molecular formula is C22H24FN3O2. The molecule has 2 aromatic carbocycles. The fraction of sp³-hybridized carbons (Fsp3) is 0.364. The molecule has 0 bridgehead atoms. The number of benzene rings is 2. The van der Waals surface area contributed by atoms with Crippen LogP contribution in [0.2, 0.25) is 0 Å². The van der Waals surface area contributed by atoms with Crippen LogP contribution in [0.15, 0.2) is 53.1 Å². The van der Waals surface area contributed by atoms with Crippen LogP contribution in [0.1, 0.15) is 29.9 Å². The zero-order valence-corrected chi connectivity index (χ0v) is 16.0. The summed E-state index contributed by atoms with van der Waals surface area (Å²) in [5.74, 6) is 0.942. The van der Waals surface area contributed by atoms with Crippen molar-refractivity contribution in [2.45, 2.75) is 38.9 Å². The molecule has 0 aliphatic carbocycles. The molecule has 0 saturated carbocycles. The number of rotatable bonds is 6. The normalized spacial score (nSPS) is 15.2. The van der Waals surface area contributed by atoms with Gasteiger partial charge in [0.15, 0.2) is 0 Å². The van der Waals surface area contributed by atoms with Gasteiger partial charge in [-0.3, -0.25) is 4.90 Å². The van der Waals surface area contributed by atoms with E-state index in [1.807, 2.05) is 43.3 Å². The van der Waals surface area contributed by atoms with E-state index in [0.29, 0.717) is 36.4 Å². The number of hydrogen-bond acceptors (Lipinski definition) is 5. The van der Waals surface area contributed by atoms with E-state index in [-0.39, 0.29) is 5.82 Å². The van der Waals surface area contributed by atoms with E-state index in [1.54, 1.807) is 6.07 Å². The van der Waals surface area contributed by atoms with Gasteiger partial charge >= 0.3 is 0 Å². The van der Waals surface area contributed by atoms with Crippen LogP contribution in [0.25, 0.3) is 11.4 Å². The van der Waals surface area contributed by atoms with E-state index in [0.717, 1.165) is 37.2 Å². The lowest BCUT2D eigenvalue weighted by molar-refractivity contribution is 0.0236. The van der Waals surface area contributed by atoms with E-state index in [4.69, 9.17) is 9.26 Å². The van der Waals surface area contributed by atoms with Crippen molar-refractivity contribution in [3.63, 3.8) is 0 Å². The van der Waals surface area contributed by atoms with E-state index in [9.17, 15) is 4.39 Å². The first-order valence-electron chi connectivity index (χ1n) is 9.64. The van der Waals surface area contributed by atoms with Crippen molar-refractivity contribution in [1.82, 2.24) is 15.0 Å². The van der Waals surface area contributed by atoms with Crippen molar-refractivity contribution >= 4 is 0 Å². The van der Waals surface area contributed by atoms with Gasteiger partial charge in [0.1, 0.15) is 5.82 Å². The van der Waals surface area contributed by atoms with Gasteiger partial charge in [-0.25, -0.2) is 4.39 Å². The van der Waals surface area contributed by atoms with Crippen molar-refractivity contribution in [3.8, 4) is 11.4 Å². The van der Waals surface area contributed by atoms with Gasteiger partial charge in [-0.15, -0.1) is 0 Å². The van der Waals surface area contributed by atoms with Crippen molar-refractivity contribution < 1.29 is 13.7 Å². The molecule has 0 unspecified atom stereocenters. The average Bonchev–Trinajstić information content (AvgIpc) is 3.18. The Labute approximate surface area is 164 Å². The monoisotopic (exact) mass is 381 g/mol. The van der Waals surface area contributed by atoms with Gasteiger partial charge in [0, 0.05) is 36.9 Å². The lowest BCUT2D eigenvalue weighted by atomic mass is 10.1. The van der Waals surface area contributed by atoms with Crippen LogP contribution >= 0.6 is 0 Å². The average molecular weight is 381 g/mol. The van der Waals surface area contributed by atoms with Crippen molar-refractivity contribution in [3.05, 3.63) is 71.4 Å². The van der Waals surface area contributed by atoms with E-state index < -0.39 is 0 Å². The predicted octanol–water partition coefficient (Wildman–Crippen LogP) is 4.37. The van der Waals surface area contributed by atoms with Gasteiger partial charge < -0.3 is 9.26 Å². The maximum absolute atomic E-state index is 14.2. The number of nitrogens with zero attached hydrogens (tertiary/aromatic N) is 3. The fourth-order valence-corrected chi connectivity index (χ4v) is 3.64. The Morgan fingerprint density at radius 3 is 2.57 bits per heavy atom. The molecule has 1 aliphatic rings. The van der Waals surface area contributed by atoms with Crippen molar-refractivity contribution in [2.75, 3.05) is 13.2 Å². The summed E-state index contributed by atoms with van der Waals surface area (Å²) in [5.41, 5.74) is 2.74. The summed E-state index contributed by atoms with van der Waals surface area (Å²) in [6.45, 7) is 4.45. The highest BCUT2D eigenvalue weighted by molar-refractivity contribution is 5.58. The molecule has 0 atom stereocenters. The summed E-state index contributed by atoms with van der Waals surface area (Å²) < 4.78 is 25.3. The second-order valence-corrected chi connectivity index (χ2v) is 7.17. The summed E-state index contributed by atoms with van der Waals surface area (Å²) in [6, 6.07) is 15.2. The highest BCUT2D eigenvalue weighted by Gasteiger charge is 2.25. The van der Waals surface area contributed by atoms with Gasteiger partial charge in [0.2, 0.25) is 11.7 Å².